The minimum absolute atomic E-state index is 0.351. The average molecular weight is 416 g/mol. The number of hydrogen-bond acceptors (Lipinski definition) is 6. The Morgan fingerprint density at radius 1 is 0.897 bits per heavy atom. The van der Waals surface area contributed by atoms with Crippen LogP contribution in [0.2, 0.25) is 0 Å². The number of hydrogen-bond donors (Lipinski definition) is 0. The van der Waals surface area contributed by atoms with Crippen LogP contribution in [-0.4, -0.2) is 61.7 Å². The van der Waals surface area contributed by atoms with E-state index in [0.717, 1.165) is 24.6 Å². The molecule has 0 aliphatic carbocycles. The van der Waals surface area contributed by atoms with Gasteiger partial charge in [-0.3, -0.25) is 0 Å². The van der Waals surface area contributed by atoms with Gasteiger partial charge in [-0.2, -0.15) is 4.31 Å². The molecule has 0 bridgehead atoms. The van der Waals surface area contributed by atoms with Gasteiger partial charge in [0.25, 0.3) is 0 Å². The van der Waals surface area contributed by atoms with E-state index in [-0.39, 0.29) is 0 Å². The van der Waals surface area contributed by atoms with Crippen LogP contribution in [0.1, 0.15) is 32.6 Å². The van der Waals surface area contributed by atoms with Crippen molar-refractivity contribution in [3.8, 4) is 0 Å². The second-order valence-electron chi connectivity index (χ2n) is 7.71. The average Bonchev–Trinajstić information content (AvgIpc) is 2.80. The maximum absolute atomic E-state index is 12.8. The molecule has 0 amide bonds. The van der Waals surface area contributed by atoms with E-state index in [0.29, 0.717) is 37.1 Å². The zero-order valence-corrected chi connectivity index (χ0v) is 17.8. The summed E-state index contributed by atoms with van der Waals surface area (Å²) in [5.41, 5.74) is 0. The lowest BCUT2D eigenvalue weighted by Crippen LogP contribution is -2.49. The molecule has 0 spiro atoms. The number of anilines is 2. The van der Waals surface area contributed by atoms with E-state index < -0.39 is 10.0 Å². The Labute approximate surface area is 173 Å². The molecule has 0 N–H and O–H groups in total. The fourth-order valence-electron chi connectivity index (χ4n) is 4.27. The van der Waals surface area contributed by atoms with Gasteiger partial charge in [0.05, 0.1) is 4.90 Å². The second kappa shape index (κ2) is 8.67. The zero-order chi connectivity index (χ0) is 20.3. The molecular formula is C21H29N5O2S. The Kier molecular flexibility index (Phi) is 6.01. The van der Waals surface area contributed by atoms with E-state index in [2.05, 4.69) is 33.0 Å². The van der Waals surface area contributed by atoms with Gasteiger partial charge in [-0.25, -0.2) is 8.42 Å². The van der Waals surface area contributed by atoms with E-state index in [1.807, 2.05) is 12.1 Å². The number of nitrogens with zero attached hydrogens (tertiary/aromatic N) is 5. The predicted octanol–water partition coefficient (Wildman–Crippen LogP) is 2.76. The molecule has 2 aromatic rings. The van der Waals surface area contributed by atoms with Crippen LogP contribution in [-0.2, 0) is 10.0 Å². The highest BCUT2D eigenvalue weighted by Crippen LogP contribution is 2.26. The number of rotatable bonds is 5. The molecule has 29 heavy (non-hydrogen) atoms. The molecule has 2 saturated heterocycles. The van der Waals surface area contributed by atoms with E-state index in [1.165, 1.54) is 19.3 Å². The molecule has 1 aromatic heterocycles. The summed E-state index contributed by atoms with van der Waals surface area (Å²) in [6.07, 6.45) is 4.84. The third-order valence-electron chi connectivity index (χ3n) is 5.97. The van der Waals surface area contributed by atoms with Gasteiger partial charge in [-0.15, -0.1) is 10.2 Å². The van der Waals surface area contributed by atoms with Crippen LogP contribution in [0.25, 0.3) is 0 Å². The van der Waals surface area contributed by atoms with Crippen LogP contribution in [0.5, 0.6) is 0 Å². The lowest BCUT2D eigenvalue weighted by atomic mass is 10.0. The molecule has 1 atom stereocenters. The fraction of sp³-hybridized carbons (Fsp3) is 0.524. The van der Waals surface area contributed by atoms with E-state index >= 15 is 0 Å². The molecular weight excluding hydrogens is 386 g/mol. The molecule has 0 radical (unpaired) electrons. The molecule has 3 heterocycles. The second-order valence-corrected chi connectivity index (χ2v) is 9.64. The van der Waals surface area contributed by atoms with E-state index in [9.17, 15) is 8.42 Å². The van der Waals surface area contributed by atoms with Crippen molar-refractivity contribution >= 4 is 21.7 Å². The minimum atomic E-state index is -3.43. The number of piperidine rings is 1. The molecule has 2 aliphatic heterocycles. The predicted molar refractivity (Wildman–Crippen MR) is 115 cm³/mol. The standard InChI is InChI=1S/C21H29N5O2S/c1-2-18-8-6-7-13-26(18)21-12-11-20(22-23-21)24-14-16-25(17-15-24)29(27,28)19-9-4-3-5-10-19/h3-5,9-12,18H,2,6-8,13-17H2,1H3. The first kappa shape index (κ1) is 20.1. The minimum Gasteiger partial charge on any atom is -0.352 e. The largest absolute Gasteiger partial charge is 0.352 e. The highest BCUT2D eigenvalue weighted by molar-refractivity contribution is 7.89. The summed E-state index contributed by atoms with van der Waals surface area (Å²) in [6, 6.07) is 13.3. The molecule has 7 nitrogen and oxygen atoms in total. The van der Waals surface area contributed by atoms with Crippen LogP contribution in [0, 0.1) is 0 Å². The van der Waals surface area contributed by atoms with Gasteiger partial charge >= 0.3 is 0 Å². The summed E-state index contributed by atoms with van der Waals surface area (Å²) < 4.78 is 27.1. The fourth-order valence-corrected chi connectivity index (χ4v) is 5.71. The first-order valence-electron chi connectivity index (χ1n) is 10.5. The summed E-state index contributed by atoms with van der Waals surface area (Å²) in [5, 5.41) is 8.95. The van der Waals surface area contributed by atoms with E-state index in [1.54, 1.807) is 28.6 Å². The number of sulfonamides is 1. The van der Waals surface area contributed by atoms with E-state index in [4.69, 9.17) is 0 Å². The molecule has 156 valence electrons. The topological polar surface area (TPSA) is 69.6 Å². The van der Waals surface area contributed by atoms with Crippen molar-refractivity contribution in [2.24, 2.45) is 0 Å². The van der Waals surface area contributed by atoms with Crippen LogP contribution in [0.4, 0.5) is 11.6 Å². The third kappa shape index (κ3) is 4.23. The lowest BCUT2D eigenvalue weighted by molar-refractivity contribution is 0.383. The van der Waals surface area contributed by atoms with Crippen LogP contribution in [0.15, 0.2) is 47.4 Å². The third-order valence-corrected chi connectivity index (χ3v) is 7.89. The summed E-state index contributed by atoms with van der Waals surface area (Å²) >= 11 is 0. The van der Waals surface area contributed by atoms with Crippen LogP contribution < -0.4 is 9.80 Å². The summed E-state index contributed by atoms with van der Waals surface area (Å²) in [4.78, 5) is 4.84. The van der Waals surface area contributed by atoms with Crippen molar-refractivity contribution in [1.29, 1.82) is 0 Å². The van der Waals surface area contributed by atoms with Gasteiger partial charge in [0.1, 0.15) is 0 Å². The van der Waals surface area contributed by atoms with Crippen molar-refractivity contribution in [3.63, 3.8) is 0 Å². The first-order valence-corrected chi connectivity index (χ1v) is 11.9. The van der Waals surface area contributed by atoms with Crippen LogP contribution >= 0.6 is 0 Å². The van der Waals surface area contributed by atoms with Crippen molar-refractivity contribution < 1.29 is 8.42 Å². The Bertz CT molecular complexity index is 896. The molecule has 0 saturated carbocycles. The first-order chi connectivity index (χ1) is 14.1. The molecule has 4 rings (SSSR count). The summed E-state index contributed by atoms with van der Waals surface area (Å²) in [6.45, 7) is 5.40. The Balaban J connectivity index is 1.40. The van der Waals surface area contributed by atoms with Crippen molar-refractivity contribution in [1.82, 2.24) is 14.5 Å². The van der Waals surface area contributed by atoms with Gasteiger partial charge < -0.3 is 9.80 Å². The lowest BCUT2D eigenvalue weighted by Gasteiger charge is -2.36. The van der Waals surface area contributed by atoms with Gasteiger partial charge in [0.2, 0.25) is 10.0 Å². The Morgan fingerprint density at radius 2 is 1.59 bits per heavy atom. The Hall–Kier alpha value is -2.19. The van der Waals surface area contributed by atoms with Gasteiger partial charge in [-0.1, -0.05) is 25.1 Å². The Morgan fingerprint density at radius 3 is 2.24 bits per heavy atom. The normalized spacial score (nSPS) is 21.3. The summed E-state index contributed by atoms with van der Waals surface area (Å²) in [7, 11) is -3.43. The summed E-state index contributed by atoms with van der Waals surface area (Å²) in [5.74, 6) is 1.76. The van der Waals surface area contributed by atoms with Crippen molar-refractivity contribution in [2.45, 2.75) is 43.5 Å². The highest BCUT2D eigenvalue weighted by Gasteiger charge is 2.29. The molecule has 1 aromatic carbocycles. The smallest absolute Gasteiger partial charge is 0.243 e. The highest BCUT2D eigenvalue weighted by atomic mass is 32.2. The molecule has 2 fully saturated rings. The van der Waals surface area contributed by atoms with Gasteiger partial charge in [-0.05, 0) is 49.9 Å². The quantitative estimate of drug-likeness (QED) is 0.748. The molecule has 1 unspecified atom stereocenters. The maximum Gasteiger partial charge on any atom is 0.243 e. The van der Waals surface area contributed by atoms with Gasteiger partial charge in [0, 0.05) is 38.8 Å². The van der Waals surface area contributed by atoms with Gasteiger partial charge in [0.15, 0.2) is 11.6 Å². The number of benzene rings is 1. The van der Waals surface area contributed by atoms with Crippen molar-refractivity contribution in [3.05, 3.63) is 42.5 Å². The number of piperazine rings is 1. The molecule has 8 heteroatoms. The SMILES string of the molecule is CCC1CCCCN1c1ccc(N2CCN(S(=O)(=O)c3ccccc3)CC2)nn1. The van der Waals surface area contributed by atoms with Crippen LogP contribution in [0.3, 0.4) is 0 Å². The monoisotopic (exact) mass is 415 g/mol. The number of aromatic nitrogens is 2. The maximum atomic E-state index is 12.8. The zero-order valence-electron chi connectivity index (χ0n) is 16.9. The van der Waals surface area contributed by atoms with Crippen molar-refractivity contribution in [2.75, 3.05) is 42.5 Å². The molecule has 2 aliphatic rings.